The van der Waals surface area contributed by atoms with Crippen LogP contribution < -0.4 is 22.1 Å². The summed E-state index contributed by atoms with van der Waals surface area (Å²) in [6, 6.07) is -3.85. The Morgan fingerprint density at radius 3 is 2.25 bits per heavy atom. The minimum atomic E-state index is -1.14. The fraction of sp³-hybridized carbons (Fsp3) is 0.750. The lowest BCUT2D eigenvalue weighted by atomic mass is 10.0. The molecule has 0 aromatic heterocycles. The molecule has 7 N–H and O–H groups in total. The number of hydrogen-bond donors (Lipinski definition) is 5. The third-order valence-corrected chi connectivity index (χ3v) is 6.02. The maximum atomic E-state index is 13.0. The molecule has 12 heteroatoms. The number of aliphatic carboxylic acids is 1. The number of nitrogens with one attached hydrogen (secondary N) is 2. The lowest BCUT2D eigenvalue weighted by molar-refractivity contribution is -0.149. The number of rotatable bonds is 13. The third kappa shape index (κ3) is 8.30. The van der Waals surface area contributed by atoms with Gasteiger partial charge in [-0.05, 0) is 43.6 Å². The number of nitrogens with zero attached hydrogens (tertiary/aromatic N) is 1. The predicted octanol–water partition coefficient (Wildman–Crippen LogP) is -0.966. The second kappa shape index (κ2) is 13.3. The van der Waals surface area contributed by atoms with Crippen LogP contribution in [0, 0.1) is 5.92 Å². The molecule has 4 atom stereocenters. The number of carbonyl (C=O) groups excluding carboxylic acids is 4. The van der Waals surface area contributed by atoms with Crippen molar-refractivity contribution >= 4 is 41.4 Å². The predicted molar refractivity (Wildman–Crippen MR) is 120 cm³/mol. The van der Waals surface area contributed by atoms with Gasteiger partial charge >= 0.3 is 5.97 Å². The Labute approximate surface area is 192 Å². The van der Waals surface area contributed by atoms with E-state index in [1.54, 1.807) is 13.8 Å². The zero-order valence-corrected chi connectivity index (χ0v) is 19.7. The molecule has 4 unspecified atom stereocenters. The van der Waals surface area contributed by atoms with E-state index in [0.717, 1.165) is 0 Å². The van der Waals surface area contributed by atoms with Crippen LogP contribution in [0.15, 0.2) is 0 Å². The third-order valence-electron chi connectivity index (χ3n) is 5.38. The van der Waals surface area contributed by atoms with Crippen molar-refractivity contribution in [2.75, 3.05) is 18.6 Å². The van der Waals surface area contributed by atoms with E-state index in [1.807, 2.05) is 6.26 Å². The van der Waals surface area contributed by atoms with E-state index in [1.165, 1.54) is 16.7 Å². The maximum Gasteiger partial charge on any atom is 0.326 e. The van der Waals surface area contributed by atoms with E-state index in [-0.39, 0.29) is 25.3 Å². The summed E-state index contributed by atoms with van der Waals surface area (Å²) in [6.07, 6.45) is 2.77. The van der Waals surface area contributed by atoms with Gasteiger partial charge in [-0.1, -0.05) is 13.8 Å². The van der Waals surface area contributed by atoms with E-state index in [2.05, 4.69) is 10.6 Å². The minimum Gasteiger partial charge on any atom is -0.480 e. The van der Waals surface area contributed by atoms with E-state index < -0.39 is 53.8 Å². The summed E-state index contributed by atoms with van der Waals surface area (Å²) >= 11 is 1.49. The molecule has 11 nitrogen and oxygen atoms in total. The number of thioether (sulfide) groups is 1. The molecule has 1 aliphatic rings. The smallest absolute Gasteiger partial charge is 0.326 e. The van der Waals surface area contributed by atoms with Crippen molar-refractivity contribution < 1.29 is 29.1 Å². The van der Waals surface area contributed by atoms with Gasteiger partial charge in [0.15, 0.2) is 0 Å². The van der Waals surface area contributed by atoms with E-state index >= 15 is 0 Å². The first-order valence-electron chi connectivity index (χ1n) is 10.7. The molecular weight excluding hydrogens is 438 g/mol. The Hall–Kier alpha value is -2.34. The van der Waals surface area contributed by atoms with Crippen molar-refractivity contribution in [1.82, 2.24) is 15.5 Å². The Morgan fingerprint density at radius 1 is 1.09 bits per heavy atom. The molecule has 1 rings (SSSR count). The minimum absolute atomic E-state index is 0.0720. The number of nitrogens with two attached hydrogens (primary N) is 2. The zero-order valence-electron chi connectivity index (χ0n) is 18.8. The normalized spacial score (nSPS) is 18.7. The van der Waals surface area contributed by atoms with Crippen LogP contribution in [0.1, 0.15) is 46.0 Å². The Kier molecular flexibility index (Phi) is 11.5. The van der Waals surface area contributed by atoms with Crippen LogP contribution in [0.5, 0.6) is 0 Å². The number of likely N-dealkylation sites (tertiary alicyclic amines) is 1. The fourth-order valence-electron chi connectivity index (χ4n) is 3.38. The van der Waals surface area contributed by atoms with Gasteiger partial charge in [-0.3, -0.25) is 19.2 Å². The van der Waals surface area contributed by atoms with Gasteiger partial charge in [0.2, 0.25) is 23.6 Å². The molecular formula is C20H35N5O6S. The summed E-state index contributed by atoms with van der Waals surface area (Å²) in [5.41, 5.74) is 11.1. The molecule has 1 aliphatic heterocycles. The number of carboxylic acid groups (broad SMARTS) is 1. The number of carbonyl (C=O) groups is 5. The largest absolute Gasteiger partial charge is 0.480 e. The van der Waals surface area contributed by atoms with E-state index in [4.69, 9.17) is 11.5 Å². The summed E-state index contributed by atoms with van der Waals surface area (Å²) < 4.78 is 0. The molecule has 0 aliphatic carbocycles. The zero-order chi connectivity index (χ0) is 24.4. The molecule has 0 aromatic rings. The molecule has 0 saturated carbocycles. The molecule has 1 heterocycles. The van der Waals surface area contributed by atoms with Crippen molar-refractivity contribution in [3.05, 3.63) is 0 Å². The fourth-order valence-corrected chi connectivity index (χ4v) is 3.85. The molecule has 1 saturated heterocycles. The summed E-state index contributed by atoms with van der Waals surface area (Å²) in [4.78, 5) is 62.4. The highest BCUT2D eigenvalue weighted by Gasteiger charge is 2.38. The van der Waals surface area contributed by atoms with Crippen LogP contribution in [-0.2, 0) is 24.0 Å². The Bertz CT molecular complexity index is 704. The molecule has 0 spiro atoms. The summed E-state index contributed by atoms with van der Waals surface area (Å²) in [5.74, 6) is -3.00. The van der Waals surface area contributed by atoms with Gasteiger partial charge in [-0.2, -0.15) is 11.8 Å². The van der Waals surface area contributed by atoms with Gasteiger partial charge in [-0.15, -0.1) is 0 Å². The van der Waals surface area contributed by atoms with Gasteiger partial charge < -0.3 is 32.1 Å². The first kappa shape index (κ1) is 27.7. The average Bonchev–Trinajstić information content (AvgIpc) is 3.22. The van der Waals surface area contributed by atoms with Gasteiger partial charge in [-0.25, -0.2) is 4.79 Å². The number of amides is 4. The molecule has 32 heavy (non-hydrogen) atoms. The highest BCUT2D eigenvalue weighted by molar-refractivity contribution is 7.98. The standard InChI is InChI=1S/C20H35N5O6S/c1-11(2)16(22)18(28)23-12(8-10-32-3)17(27)24-13(6-7-15(21)26)19(29)25-9-4-5-14(25)20(30)31/h11-14,16H,4-10,22H2,1-3H3,(H2,21,26)(H,23,28)(H,24,27)(H,30,31). The second-order valence-corrected chi connectivity index (χ2v) is 9.19. The highest BCUT2D eigenvalue weighted by atomic mass is 32.2. The Morgan fingerprint density at radius 2 is 1.72 bits per heavy atom. The molecule has 4 amide bonds. The first-order chi connectivity index (χ1) is 15.0. The average molecular weight is 474 g/mol. The molecule has 182 valence electrons. The van der Waals surface area contributed by atoms with Crippen LogP contribution in [0.25, 0.3) is 0 Å². The van der Waals surface area contributed by atoms with Crippen LogP contribution in [0.4, 0.5) is 0 Å². The van der Waals surface area contributed by atoms with Crippen LogP contribution in [0.3, 0.4) is 0 Å². The van der Waals surface area contributed by atoms with E-state index in [0.29, 0.717) is 25.0 Å². The van der Waals surface area contributed by atoms with Crippen LogP contribution >= 0.6 is 11.8 Å². The molecule has 0 bridgehead atoms. The quantitative estimate of drug-likeness (QED) is 0.226. The highest BCUT2D eigenvalue weighted by Crippen LogP contribution is 2.20. The lowest BCUT2D eigenvalue weighted by Crippen LogP contribution is -2.57. The van der Waals surface area contributed by atoms with Gasteiger partial charge in [0.05, 0.1) is 6.04 Å². The van der Waals surface area contributed by atoms with Crippen molar-refractivity contribution in [3.8, 4) is 0 Å². The monoisotopic (exact) mass is 473 g/mol. The summed E-state index contributed by atoms with van der Waals surface area (Å²) in [6.45, 7) is 3.82. The Balaban J connectivity index is 3.01. The number of carboxylic acids is 1. The van der Waals surface area contributed by atoms with Gasteiger partial charge in [0.1, 0.15) is 18.1 Å². The van der Waals surface area contributed by atoms with Gasteiger partial charge in [0, 0.05) is 13.0 Å². The lowest BCUT2D eigenvalue weighted by Gasteiger charge is -2.29. The molecule has 0 aromatic carbocycles. The number of hydrogen-bond acceptors (Lipinski definition) is 7. The maximum absolute atomic E-state index is 13.0. The second-order valence-electron chi connectivity index (χ2n) is 8.21. The van der Waals surface area contributed by atoms with Crippen LogP contribution in [-0.4, -0.2) is 82.3 Å². The van der Waals surface area contributed by atoms with Crippen molar-refractivity contribution in [1.29, 1.82) is 0 Å². The van der Waals surface area contributed by atoms with Crippen molar-refractivity contribution in [2.24, 2.45) is 17.4 Å². The van der Waals surface area contributed by atoms with Crippen molar-refractivity contribution in [3.63, 3.8) is 0 Å². The topological polar surface area (TPSA) is 185 Å². The van der Waals surface area contributed by atoms with Gasteiger partial charge in [0.25, 0.3) is 0 Å². The first-order valence-corrected chi connectivity index (χ1v) is 12.1. The number of primary amides is 1. The summed E-state index contributed by atoms with van der Waals surface area (Å²) in [5, 5.41) is 14.6. The molecule has 1 fully saturated rings. The van der Waals surface area contributed by atoms with Crippen molar-refractivity contribution in [2.45, 2.75) is 70.1 Å². The SMILES string of the molecule is CSCCC(NC(=O)C(N)C(C)C)C(=O)NC(CCC(N)=O)C(=O)N1CCCC1C(=O)O. The molecule has 0 radical (unpaired) electrons. The summed E-state index contributed by atoms with van der Waals surface area (Å²) in [7, 11) is 0. The van der Waals surface area contributed by atoms with E-state index in [9.17, 15) is 29.1 Å². The van der Waals surface area contributed by atoms with Crippen LogP contribution in [0.2, 0.25) is 0 Å².